The van der Waals surface area contributed by atoms with E-state index in [-0.39, 0.29) is 0 Å². The summed E-state index contributed by atoms with van der Waals surface area (Å²) in [6, 6.07) is 5.46. The third kappa shape index (κ3) is 4.80. The van der Waals surface area contributed by atoms with Crippen LogP contribution in [0.15, 0.2) is 35.1 Å². The van der Waals surface area contributed by atoms with E-state index >= 15 is 0 Å². The molecule has 0 aliphatic carbocycles. The van der Waals surface area contributed by atoms with Crippen LogP contribution in [0.3, 0.4) is 0 Å². The number of pyridine rings is 1. The highest BCUT2D eigenvalue weighted by atomic mass is 16.6. The first-order valence-corrected chi connectivity index (χ1v) is 7.06. The molecule has 2 rings (SSSR count). The quantitative estimate of drug-likeness (QED) is 0.894. The van der Waals surface area contributed by atoms with Crippen molar-refractivity contribution in [1.29, 1.82) is 0 Å². The molecular formula is C16H21N3O3. The second kappa shape index (κ2) is 6.51. The number of hydrogen-bond acceptors (Lipinski definition) is 5. The molecule has 22 heavy (non-hydrogen) atoms. The zero-order valence-corrected chi connectivity index (χ0v) is 13.3. The van der Waals surface area contributed by atoms with Gasteiger partial charge in [0.15, 0.2) is 0 Å². The SMILES string of the molecule is Cc1ccoc1CNc1ccc(NC(=O)OC(C)(C)C)nc1. The summed E-state index contributed by atoms with van der Waals surface area (Å²) in [5.41, 5.74) is 1.40. The summed E-state index contributed by atoms with van der Waals surface area (Å²) in [5.74, 6) is 1.32. The molecule has 1 amide bonds. The fourth-order valence-corrected chi connectivity index (χ4v) is 1.75. The number of furan rings is 1. The number of rotatable bonds is 4. The summed E-state index contributed by atoms with van der Waals surface area (Å²) < 4.78 is 10.5. The lowest BCUT2D eigenvalue weighted by atomic mass is 10.2. The van der Waals surface area contributed by atoms with Gasteiger partial charge in [0.1, 0.15) is 17.2 Å². The lowest BCUT2D eigenvalue weighted by Crippen LogP contribution is -2.27. The van der Waals surface area contributed by atoms with Gasteiger partial charge in [0, 0.05) is 0 Å². The van der Waals surface area contributed by atoms with Gasteiger partial charge in [-0.3, -0.25) is 5.32 Å². The lowest BCUT2D eigenvalue weighted by molar-refractivity contribution is 0.0635. The van der Waals surface area contributed by atoms with Crippen molar-refractivity contribution in [2.45, 2.75) is 39.8 Å². The third-order valence-corrected chi connectivity index (χ3v) is 2.81. The Hall–Kier alpha value is -2.50. The molecule has 0 aliphatic heterocycles. The number of nitrogens with zero attached hydrogens (tertiary/aromatic N) is 1. The van der Waals surface area contributed by atoms with Crippen LogP contribution < -0.4 is 10.6 Å². The molecular weight excluding hydrogens is 282 g/mol. The molecule has 2 heterocycles. The van der Waals surface area contributed by atoms with Crippen molar-refractivity contribution in [3.05, 3.63) is 42.0 Å². The molecule has 0 fully saturated rings. The predicted molar refractivity (Wildman–Crippen MR) is 84.9 cm³/mol. The monoisotopic (exact) mass is 303 g/mol. The second-order valence-corrected chi connectivity index (χ2v) is 5.94. The topological polar surface area (TPSA) is 76.4 Å². The van der Waals surface area contributed by atoms with Gasteiger partial charge in [-0.25, -0.2) is 9.78 Å². The third-order valence-electron chi connectivity index (χ3n) is 2.81. The number of nitrogens with one attached hydrogen (secondary N) is 2. The van der Waals surface area contributed by atoms with Crippen LogP contribution in [-0.4, -0.2) is 16.7 Å². The highest BCUT2D eigenvalue weighted by Gasteiger charge is 2.16. The summed E-state index contributed by atoms with van der Waals surface area (Å²) in [5, 5.41) is 5.79. The normalized spacial score (nSPS) is 11.1. The Labute approximate surface area is 129 Å². The van der Waals surface area contributed by atoms with Gasteiger partial charge in [-0.05, 0) is 51.5 Å². The number of anilines is 2. The molecule has 118 valence electrons. The predicted octanol–water partition coefficient (Wildman–Crippen LogP) is 3.94. The molecule has 0 bridgehead atoms. The number of aryl methyl sites for hydroxylation is 1. The molecule has 6 nitrogen and oxygen atoms in total. The molecule has 2 N–H and O–H groups in total. The number of hydrogen-bond donors (Lipinski definition) is 2. The summed E-state index contributed by atoms with van der Waals surface area (Å²) >= 11 is 0. The zero-order valence-electron chi connectivity index (χ0n) is 13.3. The Balaban J connectivity index is 1.87. The van der Waals surface area contributed by atoms with Crippen LogP contribution in [0.4, 0.5) is 16.3 Å². The Morgan fingerprint density at radius 1 is 1.32 bits per heavy atom. The molecule has 2 aromatic rings. The van der Waals surface area contributed by atoms with Crippen molar-refractivity contribution in [1.82, 2.24) is 4.98 Å². The number of amides is 1. The number of aromatic nitrogens is 1. The maximum atomic E-state index is 11.6. The highest BCUT2D eigenvalue weighted by molar-refractivity contribution is 5.83. The minimum atomic E-state index is -0.535. The van der Waals surface area contributed by atoms with Crippen LogP contribution in [0.2, 0.25) is 0 Å². The van der Waals surface area contributed by atoms with Crippen LogP contribution in [0.5, 0.6) is 0 Å². The number of ether oxygens (including phenoxy) is 1. The standard InChI is InChI=1S/C16H21N3O3/c1-11-7-8-21-13(11)10-17-12-5-6-14(18-9-12)19-15(20)22-16(2,3)4/h5-9,17H,10H2,1-4H3,(H,18,19,20). The zero-order chi connectivity index (χ0) is 16.2. The van der Waals surface area contributed by atoms with E-state index in [1.54, 1.807) is 18.5 Å². The van der Waals surface area contributed by atoms with E-state index in [0.717, 1.165) is 17.0 Å². The summed E-state index contributed by atoms with van der Waals surface area (Å²) in [6.45, 7) is 8.00. The lowest BCUT2D eigenvalue weighted by Gasteiger charge is -2.19. The van der Waals surface area contributed by atoms with Crippen molar-refractivity contribution in [3.8, 4) is 0 Å². The Kier molecular flexibility index (Phi) is 4.70. The van der Waals surface area contributed by atoms with E-state index in [2.05, 4.69) is 15.6 Å². The van der Waals surface area contributed by atoms with E-state index < -0.39 is 11.7 Å². The second-order valence-electron chi connectivity index (χ2n) is 5.94. The van der Waals surface area contributed by atoms with Crippen LogP contribution in [0.1, 0.15) is 32.1 Å². The molecule has 0 radical (unpaired) electrons. The largest absolute Gasteiger partial charge is 0.467 e. The van der Waals surface area contributed by atoms with Gasteiger partial charge in [-0.15, -0.1) is 0 Å². The Bertz CT molecular complexity index is 627. The average Bonchev–Trinajstić information content (AvgIpc) is 2.81. The van der Waals surface area contributed by atoms with Crippen molar-refractivity contribution >= 4 is 17.6 Å². The van der Waals surface area contributed by atoms with Crippen molar-refractivity contribution < 1.29 is 13.9 Å². The van der Waals surface area contributed by atoms with E-state index in [1.165, 1.54) is 0 Å². The van der Waals surface area contributed by atoms with Crippen LogP contribution in [-0.2, 0) is 11.3 Å². The molecule has 0 aliphatic rings. The summed E-state index contributed by atoms with van der Waals surface area (Å²) in [4.78, 5) is 15.8. The molecule has 0 unspecified atom stereocenters. The first-order valence-electron chi connectivity index (χ1n) is 7.06. The fourth-order valence-electron chi connectivity index (χ4n) is 1.75. The number of carbonyl (C=O) groups is 1. The summed E-state index contributed by atoms with van der Waals surface area (Å²) in [6.07, 6.45) is 2.79. The molecule has 0 spiro atoms. The number of carbonyl (C=O) groups excluding carboxylic acids is 1. The van der Waals surface area contributed by atoms with E-state index in [1.807, 2.05) is 39.8 Å². The highest BCUT2D eigenvalue weighted by Crippen LogP contribution is 2.15. The van der Waals surface area contributed by atoms with Crippen molar-refractivity contribution in [2.75, 3.05) is 10.6 Å². The van der Waals surface area contributed by atoms with Gasteiger partial charge >= 0.3 is 6.09 Å². The van der Waals surface area contributed by atoms with Gasteiger partial charge in [-0.2, -0.15) is 0 Å². The first-order chi connectivity index (χ1) is 10.3. The van der Waals surface area contributed by atoms with Crippen LogP contribution >= 0.6 is 0 Å². The van der Waals surface area contributed by atoms with Gasteiger partial charge in [0.25, 0.3) is 0 Å². The van der Waals surface area contributed by atoms with Gasteiger partial charge < -0.3 is 14.5 Å². The summed E-state index contributed by atoms with van der Waals surface area (Å²) in [7, 11) is 0. The molecule has 0 saturated carbocycles. The maximum Gasteiger partial charge on any atom is 0.413 e. The van der Waals surface area contributed by atoms with Crippen LogP contribution in [0.25, 0.3) is 0 Å². The van der Waals surface area contributed by atoms with Crippen molar-refractivity contribution in [3.63, 3.8) is 0 Å². The Morgan fingerprint density at radius 3 is 2.64 bits per heavy atom. The molecule has 0 atom stereocenters. The molecule has 2 aromatic heterocycles. The average molecular weight is 303 g/mol. The van der Waals surface area contributed by atoms with Gasteiger partial charge in [-0.1, -0.05) is 0 Å². The first kappa shape index (κ1) is 15.9. The van der Waals surface area contributed by atoms with Gasteiger partial charge in [0.05, 0.1) is 24.7 Å². The molecule has 0 saturated heterocycles. The molecule has 6 heteroatoms. The smallest absolute Gasteiger partial charge is 0.413 e. The molecule has 0 aromatic carbocycles. The van der Waals surface area contributed by atoms with Gasteiger partial charge in [0.2, 0.25) is 0 Å². The van der Waals surface area contributed by atoms with E-state index in [4.69, 9.17) is 9.15 Å². The fraction of sp³-hybridized carbons (Fsp3) is 0.375. The van der Waals surface area contributed by atoms with Crippen molar-refractivity contribution in [2.24, 2.45) is 0 Å². The van der Waals surface area contributed by atoms with E-state index in [0.29, 0.717) is 12.4 Å². The maximum absolute atomic E-state index is 11.6. The van der Waals surface area contributed by atoms with E-state index in [9.17, 15) is 4.79 Å². The minimum absolute atomic E-state index is 0.439. The Morgan fingerprint density at radius 2 is 2.09 bits per heavy atom. The minimum Gasteiger partial charge on any atom is -0.467 e. The van der Waals surface area contributed by atoms with Crippen LogP contribution in [0, 0.1) is 6.92 Å².